The van der Waals surface area contributed by atoms with Gasteiger partial charge >= 0.3 is 0 Å². The van der Waals surface area contributed by atoms with Gasteiger partial charge in [-0.25, -0.2) is 0 Å². The Morgan fingerprint density at radius 1 is 0.970 bits per heavy atom. The van der Waals surface area contributed by atoms with Crippen molar-refractivity contribution in [2.24, 2.45) is 11.8 Å². The number of fused-ring (bicyclic) bond motifs is 4. The van der Waals surface area contributed by atoms with E-state index in [-0.39, 0.29) is 23.8 Å². The second-order valence-corrected chi connectivity index (χ2v) is 9.56. The Morgan fingerprint density at radius 3 is 2.42 bits per heavy atom. The SMILES string of the molecule is CCCCN1C(=O)C2C(CC)NC3(C(=O)N(Cc4ccccc4Cl)c4ccccc43)C2C1=O. The van der Waals surface area contributed by atoms with Crippen LogP contribution in [0.2, 0.25) is 5.02 Å². The fourth-order valence-corrected chi connectivity index (χ4v) is 6.05. The number of anilines is 1. The van der Waals surface area contributed by atoms with Crippen molar-refractivity contribution in [1.82, 2.24) is 10.2 Å². The maximum atomic E-state index is 14.2. The zero-order valence-electron chi connectivity index (χ0n) is 18.9. The Morgan fingerprint density at radius 2 is 1.70 bits per heavy atom. The molecule has 172 valence electrons. The lowest BCUT2D eigenvalue weighted by molar-refractivity contribution is -0.143. The van der Waals surface area contributed by atoms with Crippen molar-refractivity contribution >= 4 is 35.0 Å². The van der Waals surface area contributed by atoms with E-state index < -0.39 is 17.4 Å². The summed E-state index contributed by atoms with van der Waals surface area (Å²) in [5.41, 5.74) is 1.13. The summed E-state index contributed by atoms with van der Waals surface area (Å²) >= 11 is 6.41. The number of carbonyl (C=O) groups is 3. The van der Waals surface area contributed by atoms with Crippen molar-refractivity contribution < 1.29 is 14.4 Å². The van der Waals surface area contributed by atoms with Crippen molar-refractivity contribution in [3.63, 3.8) is 0 Å². The minimum absolute atomic E-state index is 0.149. The van der Waals surface area contributed by atoms with Crippen LogP contribution in [-0.2, 0) is 26.5 Å². The molecule has 0 bridgehead atoms. The highest BCUT2D eigenvalue weighted by Crippen LogP contribution is 2.55. The van der Waals surface area contributed by atoms with Gasteiger partial charge in [-0.15, -0.1) is 0 Å². The summed E-state index contributed by atoms with van der Waals surface area (Å²) in [6.45, 7) is 4.74. The summed E-state index contributed by atoms with van der Waals surface area (Å²) < 4.78 is 0. The predicted molar refractivity (Wildman–Crippen MR) is 127 cm³/mol. The number of halogens is 1. The van der Waals surface area contributed by atoms with Crippen LogP contribution in [0.3, 0.4) is 0 Å². The third-order valence-electron chi connectivity index (χ3n) is 7.42. The zero-order valence-corrected chi connectivity index (χ0v) is 19.6. The van der Waals surface area contributed by atoms with Gasteiger partial charge in [0.2, 0.25) is 11.8 Å². The molecule has 0 saturated carbocycles. The number of carbonyl (C=O) groups excluding carboxylic acids is 3. The minimum Gasteiger partial charge on any atom is -0.306 e. The van der Waals surface area contributed by atoms with Crippen LogP contribution in [0, 0.1) is 11.8 Å². The van der Waals surface area contributed by atoms with Crippen molar-refractivity contribution in [1.29, 1.82) is 0 Å². The summed E-state index contributed by atoms with van der Waals surface area (Å²) in [5, 5.41) is 4.09. The molecule has 0 aliphatic carbocycles. The van der Waals surface area contributed by atoms with Gasteiger partial charge in [-0.2, -0.15) is 0 Å². The molecular weight excluding hydrogens is 438 g/mol. The first-order valence-electron chi connectivity index (χ1n) is 11.7. The highest BCUT2D eigenvalue weighted by atomic mass is 35.5. The van der Waals surface area contributed by atoms with E-state index in [4.69, 9.17) is 11.6 Å². The molecule has 0 radical (unpaired) electrons. The van der Waals surface area contributed by atoms with E-state index >= 15 is 0 Å². The smallest absolute Gasteiger partial charge is 0.253 e. The second-order valence-electron chi connectivity index (χ2n) is 9.15. The average Bonchev–Trinajstić information content (AvgIpc) is 3.38. The number of unbranched alkanes of at least 4 members (excludes halogenated alkanes) is 1. The normalized spacial score (nSPS) is 28.2. The average molecular weight is 466 g/mol. The van der Waals surface area contributed by atoms with Crippen LogP contribution in [0.4, 0.5) is 5.69 Å². The van der Waals surface area contributed by atoms with E-state index in [9.17, 15) is 14.4 Å². The quantitative estimate of drug-likeness (QED) is 0.657. The summed E-state index contributed by atoms with van der Waals surface area (Å²) in [6, 6.07) is 14.8. The maximum Gasteiger partial charge on any atom is 0.253 e. The molecule has 2 aromatic rings. The minimum atomic E-state index is -1.24. The lowest BCUT2D eigenvalue weighted by Gasteiger charge is -2.30. The number of nitrogens with one attached hydrogen (secondary N) is 1. The van der Waals surface area contributed by atoms with Gasteiger partial charge in [0.1, 0.15) is 5.54 Å². The number of para-hydroxylation sites is 1. The monoisotopic (exact) mass is 465 g/mol. The Hall–Kier alpha value is -2.70. The van der Waals surface area contributed by atoms with Crippen LogP contribution < -0.4 is 10.2 Å². The van der Waals surface area contributed by atoms with Gasteiger partial charge in [0.25, 0.3) is 5.91 Å². The van der Waals surface area contributed by atoms with Crippen molar-refractivity contribution in [2.45, 2.75) is 51.2 Å². The van der Waals surface area contributed by atoms with E-state index in [1.165, 1.54) is 4.90 Å². The Kier molecular flexibility index (Phi) is 5.53. The lowest BCUT2D eigenvalue weighted by atomic mass is 9.76. The van der Waals surface area contributed by atoms with Crippen LogP contribution >= 0.6 is 11.6 Å². The molecule has 6 nitrogen and oxygen atoms in total. The highest BCUT2D eigenvalue weighted by Gasteiger charge is 2.71. The summed E-state index contributed by atoms with van der Waals surface area (Å²) in [6.07, 6.45) is 2.31. The van der Waals surface area contributed by atoms with Gasteiger partial charge in [-0.1, -0.05) is 68.3 Å². The first-order valence-corrected chi connectivity index (χ1v) is 12.1. The third-order valence-corrected chi connectivity index (χ3v) is 7.79. The van der Waals surface area contributed by atoms with E-state index in [1.807, 2.05) is 56.3 Å². The molecule has 1 spiro atoms. The van der Waals surface area contributed by atoms with Crippen LogP contribution in [0.5, 0.6) is 0 Å². The largest absolute Gasteiger partial charge is 0.306 e. The molecule has 5 rings (SSSR count). The van der Waals surface area contributed by atoms with Gasteiger partial charge in [0.05, 0.1) is 18.4 Å². The molecule has 3 aliphatic heterocycles. The molecule has 2 aromatic carbocycles. The number of nitrogens with zero attached hydrogens (tertiary/aromatic N) is 2. The van der Waals surface area contributed by atoms with Crippen LogP contribution in [0.15, 0.2) is 48.5 Å². The molecule has 2 saturated heterocycles. The van der Waals surface area contributed by atoms with Crippen molar-refractivity contribution in [3.8, 4) is 0 Å². The van der Waals surface area contributed by atoms with Gasteiger partial charge in [-0.3, -0.25) is 24.6 Å². The lowest BCUT2D eigenvalue weighted by Crippen LogP contribution is -2.55. The summed E-state index contributed by atoms with van der Waals surface area (Å²) in [7, 11) is 0. The first-order chi connectivity index (χ1) is 16.0. The van der Waals surface area contributed by atoms with Gasteiger partial charge in [-0.05, 0) is 30.5 Å². The summed E-state index contributed by atoms with van der Waals surface area (Å²) in [4.78, 5) is 44.4. The van der Waals surface area contributed by atoms with E-state index in [1.54, 1.807) is 11.0 Å². The van der Waals surface area contributed by atoms with Gasteiger partial charge in [0, 0.05) is 28.9 Å². The number of likely N-dealkylation sites (tertiary alicyclic amines) is 1. The number of hydrogen-bond acceptors (Lipinski definition) is 4. The molecular formula is C26H28ClN3O3. The van der Waals surface area contributed by atoms with Crippen LogP contribution in [0.1, 0.15) is 44.2 Å². The van der Waals surface area contributed by atoms with E-state index in [0.29, 0.717) is 24.5 Å². The van der Waals surface area contributed by atoms with E-state index in [2.05, 4.69) is 5.32 Å². The summed E-state index contributed by atoms with van der Waals surface area (Å²) in [5.74, 6) is -1.84. The molecule has 2 fully saturated rings. The molecule has 4 unspecified atom stereocenters. The predicted octanol–water partition coefficient (Wildman–Crippen LogP) is 3.87. The van der Waals surface area contributed by atoms with Crippen LogP contribution in [0.25, 0.3) is 0 Å². The Bertz CT molecular complexity index is 1140. The molecule has 4 atom stereocenters. The molecule has 3 heterocycles. The number of imide groups is 1. The number of rotatable bonds is 6. The third kappa shape index (κ3) is 3.07. The molecule has 33 heavy (non-hydrogen) atoms. The van der Waals surface area contributed by atoms with E-state index in [0.717, 1.165) is 29.7 Å². The molecule has 1 N–H and O–H groups in total. The second kappa shape index (κ2) is 8.26. The Balaban J connectivity index is 1.61. The van der Waals surface area contributed by atoms with Crippen molar-refractivity contribution in [3.05, 3.63) is 64.7 Å². The molecule has 0 aromatic heterocycles. The number of benzene rings is 2. The van der Waals surface area contributed by atoms with Gasteiger partial charge in [0.15, 0.2) is 0 Å². The zero-order chi connectivity index (χ0) is 23.3. The Labute approximate surface area is 198 Å². The molecule has 3 amide bonds. The van der Waals surface area contributed by atoms with Gasteiger partial charge < -0.3 is 4.90 Å². The maximum absolute atomic E-state index is 14.2. The number of hydrogen-bond donors (Lipinski definition) is 1. The van der Waals surface area contributed by atoms with Crippen molar-refractivity contribution in [2.75, 3.05) is 11.4 Å². The standard InChI is InChI=1S/C26H28ClN3O3/c1-3-5-14-29-23(31)21-19(4-2)28-26(22(21)24(29)32)17-11-7-9-13-20(17)30(25(26)33)15-16-10-6-8-12-18(16)27/h6-13,19,21-22,28H,3-5,14-15H2,1-2H3. The fraction of sp³-hybridized carbons (Fsp3) is 0.423. The highest BCUT2D eigenvalue weighted by molar-refractivity contribution is 6.31. The topological polar surface area (TPSA) is 69.7 Å². The molecule has 3 aliphatic rings. The first kappa shape index (κ1) is 22.1. The molecule has 7 heteroatoms. The fourth-order valence-electron chi connectivity index (χ4n) is 5.85. The van der Waals surface area contributed by atoms with Crippen LogP contribution in [-0.4, -0.2) is 35.2 Å². The number of amides is 3.